The van der Waals surface area contributed by atoms with Crippen LogP contribution in [0.4, 0.5) is 5.82 Å². The highest BCUT2D eigenvalue weighted by atomic mass is 35.5. The van der Waals surface area contributed by atoms with Crippen LogP contribution in [0, 0.1) is 5.92 Å². The largest absolute Gasteiger partial charge is 0.436 e. The second-order valence-electron chi connectivity index (χ2n) is 6.21. The van der Waals surface area contributed by atoms with Crippen LogP contribution >= 0.6 is 11.6 Å². The van der Waals surface area contributed by atoms with Crippen LogP contribution in [-0.2, 0) is 9.59 Å². The predicted molar refractivity (Wildman–Crippen MR) is 105 cm³/mol. The van der Waals surface area contributed by atoms with Crippen molar-refractivity contribution in [1.82, 2.24) is 25.7 Å². The fourth-order valence-corrected chi connectivity index (χ4v) is 2.54. The van der Waals surface area contributed by atoms with Gasteiger partial charge < -0.3 is 4.74 Å². The number of hydrogen-bond acceptors (Lipinski definition) is 8. The van der Waals surface area contributed by atoms with Crippen molar-refractivity contribution < 1.29 is 19.5 Å². The minimum atomic E-state index is -0.558. The third kappa shape index (κ3) is 7.88. The molecular formula is C18H23ClN6O4. The maximum atomic E-state index is 12.4. The van der Waals surface area contributed by atoms with Crippen LogP contribution in [0.3, 0.4) is 0 Å². The molecule has 2 aromatic rings. The fourth-order valence-electron chi connectivity index (χ4n) is 2.43. The molecule has 0 bridgehead atoms. The van der Waals surface area contributed by atoms with Crippen molar-refractivity contribution >= 4 is 29.7 Å². The summed E-state index contributed by atoms with van der Waals surface area (Å²) >= 11 is 5.72. The average Bonchev–Trinajstić information content (AvgIpc) is 2.74. The molecule has 3 N–H and O–H groups in total. The zero-order valence-corrected chi connectivity index (χ0v) is 16.7. The van der Waals surface area contributed by atoms with Gasteiger partial charge in [-0.2, -0.15) is 0 Å². The van der Waals surface area contributed by atoms with E-state index < -0.39 is 5.92 Å². The van der Waals surface area contributed by atoms with Gasteiger partial charge in [-0.1, -0.05) is 37.8 Å². The van der Waals surface area contributed by atoms with Crippen molar-refractivity contribution in [3.63, 3.8) is 0 Å². The normalized spacial score (nSPS) is 11.4. The SMILES string of the molecule is CCCCC[C@H](CN(O)C=O)C(=O)NNc1ccc(Oc2ccc(Cl)nc2)nn1. The standard InChI is InChI=1S/C18H23ClN6O4/c1-2-3-4-5-13(11-25(28)12-26)18(27)24-22-16-8-9-17(23-21-16)29-14-6-7-15(19)20-10-14/h6-10,12-13,28H,2-5,11H2,1H3,(H,21,22)(H,24,27)/t13-/m1/s1. The quantitative estimate of drug-likeness (QED) is 0.156. The Labute approximate surface area is 173 Å². The molecule has 2 aromatic heterocycles. The van der Waals surface area contributed by atoms with Gasteiger partial charge in [-0.15, -0.1) is 10.2 Å². The molecule has 0 unspecified atom stereocenters. The van der Waals surface area contributed by atoms with E-state index in [2.05, 4.69) is 33.0 Å². The number of aromatic nitrogens is 3. The third-order valence-electron chi connectivity index (χ3n) is 3.93. The zero-order chi connectivity index (χ0) is 21.1. The minimum absolute atomic E-state index is 0.0890. The number of hydrazine groups is 1. The number of carbonyl (C=O) groups is 2. The summed E-state index contributed by atoms with van der Waals surface area (Å²) < 4.78 is 5.49. The number of pyridine rings is 1. The summed E-state index contributed by atoms with van der Waals surface area (Å²) in [7, 11) is 0. The molecule has 0 saturated carbocycles. The molecule has 0 aliphatic heterocycles. The summed E-state index contributed by atoms with van der Waals surface area (Å²) in [4.78, 5) is 26.9. The van der Waals surface area contributed by atoms with Gasteiger partial charge in [0.15, 0.2) is 5.82 Å². The van der Waals surface area contributed by atoms with Gasteiger partial charge in [-0.25, -0.2) is 10.0 Å². The fraction of sp³-hybridized carbons (Fsp3) is 0.389. The molecule has 0 aliphatic carbocycles. The van der Waals surface area contributed by atoms with E-state index in [0.29, 0.717) is 28.2 Å². The lowest BCUT2D eigenvalue weighted by molar-refractivity contribution is -0.154. The molecule has 11 heteroatoms. The Kier molecular flexibility index (Phi) is 9.06. The monoisotopic (exact) mass is 422 g/mol. The summed E-state index contributed by atoms with van der Waals surface area (Å²) in [6.45, 7) is 1.96. The van der Waals surface area contributed by atoms with Gasteiger partial charge in [0.05, 0.1) is 18.7 Å². The smallest absolute Gasteiger partial charge is 0.243 e. The molecule has 0 aromatic carbocycles. The number of carbonyl (C=O) groups excluding carboxylic acids is 2. The van der Waals surface area contributed by atoms with Crippen molar-refractivity contribution in [3.05, 3.63) is 35.6 Å². The molecule has 156 valence electrons. The van der Waals surface area contributed by atoms with Gasteiger partial charge in [0.25, 0.3) is 0 Å². The van der Waals surface area contributed by atoms with E-state index in [0.717, 1.165) is 19.3 Å². The number of nitrogens with one attached hydrogen (secondary N) is 2. The molecule has 0 radical (unpaired) electrons. The van der Waals surface area contributed by atoms with Gasteiger partial charge in [0.2, 0.25) is 18.2 Å². The van der Waals surface area contributed by atoms with Gasteiger partial charge in [-0.05, 0) is 24.6 Å². The number of anilines is 1. The molecule has 2 rings (SSSR count). The summed E-state index contributed by atoms with van der Waals surface area (Å²) in [6.07, 6.45) is 5.04. The Morgan fingerprint density at radius 2 is 2.14 bits per heavy atom. The molecule has 10 nitrogen and oxygen atoms in total. The van der Waals surface area contributed by atoms with E-state index >= 15 is 0 Å². The van der Waals surface area contributed by atoms with Crippen LogP contribution in [0.25, 0.3) is 0 Å². The summed E-state index contributed by atoms with van der Waals surface area (Å²) in [5, 5.41) is 18.0. The third-order valence-corrected chi connectivity index (χ3v) is 4.16. The first-order valence-electron chi connectivity index (χ1n) is 9.11. The first kappa shape index (κ1) is 22.3. The average molecular weight is 423 g/mol. The molecule has 2 heterocycles. The molecule has 29 heavy (non-hydrogen) atoms. The minimum Gasteiger partial charge on any atom is -0.436 e. The number of nitrogens with zero attached hydrogens (tertiary/aromatic N) is 4. The lowest BCUT2D eigenvalue weighted by Gasteiger charge is -2.19. The van der Waals surface area contributed by atoms with Crippen LogP contribution in [0.15, 0.2) is 30.5 Å². The summed E-state index contributed by atoms with van der Waals surface area (Å²) in [5.41, 5.74) is 5.18. The predicted octanol–water partition coefficient (Wildman–Crippen LogP) is 2.80. The number of rotatable bonds is 12. The highest BCUT2D eigenvalue weighted by molar-refractivity contribution is 6.29. The van der Waals surface area contributed by atoms with Gasteiger partial charge in [0.1, 0.15) is 10.9 Å². The van der Waals surface area contributed by atoms with Crippen molar-refractivity contribution in [3.8, 4) is 11.6 Å². The Morgan fingerprint density at radius 1 is 1.31 bits per heavy atom. The van der Waals surface area contributed by atoms with Crippen LogP contribution < -0.4 is 15.6 Å². The Bertz CT molecular complexity index is 775. The maximum absolute atomic E-state index is 12.4. The highest BCUT2D eigenvalue weighted by Gasteiger charge is 2.20. The van der Waals surface area contributed by atoms with E-state index in [1.165, 1.54) is 6.20 Å². The van der Waals surface area contributed by atoms with Crippen LogP contribution in [0.5, 0.6) is 11.6 Å². The topological polar surface area (TPSA) is 130 Å². The van der Waals surface area contributed by atoms with Crippen LogP contribution in [0.2, 0.25) is 5.15 Å². The lowest BCUT2D eigenvalue weighted by atomic mass is 10.0. The number of unbranched alkanes of at least 4 members (excludes halogenated alkanes) is 2. The lowest BCUT2D eigenvalue weighted by Crippen LogP contribution is -2.40. The molecule has 0 saturated heterocycles. The molecular weight excluding hydrogens is 400 g/mol. The molecule has 1 atom stereocenters. The second kappa shape index (κ2) is 11.8. The zero-order valence-electron chi connectivity index (χ0n) is 15.9. The van der Waals surface area contributed by atoms with Crippen molar-refractivity contribution in [1.29, 1.82) is 0 Å². The van der Waals surface area contributed by atoms with E-state index in [9.17, 15) is 14.8 Å². The van der Waals surface area contributed by atoms with E-state index in [4.69, 9.17) is 16.3 Å². The first-order valence-corrected chi connectivity index (χ1v) is 9.49. The first-order chi connectivity index (χ1) is 14.0. The van der Waals surface area contributed by atoms with E-state index in [1.54, 1.807) is 24.3 Å². The highest BCUT2D eigenvalue weighted by Crippen LogP contribution is 2.19. The number of amides is 2. The number of halogens is 1. The Hall–Kier alpha value is -2.98. The van der Waals surface area contributed by atoms with Crippen molar-refractivity contribution in [2.24, 2.45) is 5.92 Å². The Balaban J connectivity index is 1.88. The van der Waals surface area contributed by atoms with Gasteiger partial charge in [-0.3, -0.25) is 25.6 Å². The van der Waals surface area contributed by atoms with Crippen LogP contribution in [0.1, 0.15) is 32.6 Å². The number of hydroxylamine groups is 2. The molecule has 0 spiro atoms. The molecule has 0 fully saturated rings. The summed E-state index contributed by atoms with van der Waals surface area (Å²) in [6, 6.07) is 6.37. The maximum Gasteiger partial charge on any atom is 0.243 e. The van der Waals surface area contributed by atoms with Crippen molar-refractivity contribution in [2.75, 3.05) is 12.0 Å². The van der Waals surface area contributed by atoms with E-state index in [-0.39, 0.29) is 24.7 Å². The van der Waals surface area contributed by atoms with Crippen LogP contribution in [-0.4, -0.2) is 44.3 Å². The second-order valence-corrected chi connectivity index (χ2v) is 6.60. The van der Waals surface area contributed by atoms with Gasteiger partial charge in [0, 0.05) is 6.07 Å². The Morgan fingerprint density at radius 3 is 2.76 bits per heavy atom. The molecule has 0 aliphatic rings. The van der Waals surface area contributed by atoms with E-state index in [1.807, 2.05) is 0 Å². The number of ether oxygens (including phenoxy) is 1. The summed E-state index contributed by atoms with van der Waals surface area (Å²) in [5.74, 6) is 0.0683. The van der Waals surface area contributed by atoms with Crippen molar-refractivity contribution in [2.45, 2.75) is 32.6 Å². The van der Waals surface area contributed by atoms with Gasteiger partial charge >= 0.3 is 0 Å². The number of hydrogen-bond donors (Lipinski definition) is 3. The molecule has 2 amide bonds.